The third-order valence-electron chi connectivity index (χ3n) is 5.75. The van der Waals surface area contributed by atoms with Crippen LogP contribution in [-0.2, 0) is 16.4 Å². The van der Waals surface area contributed by atoms with E-state index in [1.165, 1.54) is 18.3 Å². The first-order valence-electron chi connectivity index (χ1n) is 11.0. The second kappa shape index (κ2) is 9.56. The first kappa shape index (κ1) is 26.2. The largest absolute Gasteiger partial charge is 0.404 e. The molecule has 0 aliphatic heterocycles. The van der Waals surface area contributed by atoms with Gasteiger partial charge in [0.05, 0.1) is 22.5 Å². The SMILES string of the molecule is CCc1cc2c(cc1F)c(C(N)=O)c(-c1ccc(S(=O)(=O)N[C@@H](C)C(F)(F)F)cn1)n2-c1ccccn1. The lowest BCUT2D eigenvalue weighted by Gasteiger charge is -2.17. The van der Waals surface area contributed by atoms with Gasteiger partial charge in [-0.25, -0.2) is 17.8 Å². The van der Waals surface area contributed by atoms with Gasteiger partial charge in [0.1, 0.15) is 22.6 Å². The third-order valence-corrected chi connectivity index (χ3v) is 7.28. The van der Waals surface area contributed by atoms with Crippen LogP contribution in [0.15, 0.2) is 59.8 Å². The minimum absolute atomic E-state index is 0.0666. The van der Waals surface area contributed by atoms with Gasteiger partial charge in [-0.1, -0.05) is 13.0 Å². The number of pyridine rings is 2. The van der Waals surface area contributed by atoms with Crippen LogP contribution in [0.25, 0.3) is 28.1 Å². The molecule has 4 rings (SSSR count). The molecule has 0 fully saturated rings. The van der Waals surface area contributed by atoms with Crippen molar-refractivity contribution >= 4 is 26.8 Å². The summed E-state index contributed by atoms with van der Waals surface area (Å²) in [5.74, 6) is -1.08. The number of amides is 1. The van der Waals surface area contributed by atoms with Gasteiger partial charge in [-0.05, 0) is 55.3 Å². The van der Waals surface area contributed by atoms with Crippen LogP contribution in [0, 0.1) is 5.82 Å². The Morgan fingerprint density at radius 2 is 1.89 bits per heavy atom. The number of benzene rings is 1. The Morgan fingerprint density at radius 3 is 2.43 bits per heavy atom. The summed E-state index contributed by atoms with van der Waals surface area (Å²) in [4.78, 5) is 20.5. The summed E-state index contributed by atoms with van der Waals surface area (Å²) in [6, 6.07) is 7.73. The zero-order chi connectivity index (χ0) is 27.1. The smallest absolute Gasteiger partial charge is 0.366 e. The molecule has 0 aliphatic rings. The summed E-state index contributed by atoms with van der Waals surface area (Å²) in [6.45, 7) is 2.44. The zero-order valence-corrected chi connectivity index (χ0v) is 20.4. The summed E-state index contributed by atoms with van der Waals surface area (Å²) in [5, 5.41) is 0.196. The molecule has 0 saturated heterocycles. The van der Waals surface area contributed by atoms with Gasteiger partial charge in [-0.15, -0.1) is 0 Å². The number of nitrogens with one attached hydrogen (secondary N) is 1. The van der Waals surface area contributed by atoms with Crippen LogP contribution >= 0.6 is 0 Å². The number of hydrogen-bond donors (Lipinski definition) is 2. The van der Waals surface area contributed by atoms with E-state index in [1.54, 1.807) is 40.5 Å². The molecule has 1 atom stereocenters. The first-order chi connectivity index (χ1) is 17.3. The molecule has 0 bridgehead atoms. The maximum Gasteiger partial charge on any atom is 0.404 e. The van der Waals surface area contributed by atoms with Crippen LogP contribution in [0.4, 0.5) is 17.6 Å². The minimum atomic E-state index is -4.78. The Labute approximate surface area is 209 Å². The number of sulfonamides is 1. The Morgan fingerprint density at radius 1 is 1.16 bits per heavy atom. The Hall–Kier alpha value is -3.84. The van der Waals surface area contributed by atoms with Gasteiger partial charge in [-0.3, -0.25) is 14.3 Å². The number of rotatable bonds is 7. The highest BCUT2D eigenvalue weighted by molar-refractivity contribution is 7.89. The summed E-state index contributed by atoms with van der Waals surface area (Å²) in [7, 11) is -4.56. The van der Waals surface area contributed by atoms with Gasteiger partial charge in [0.2, 0.25) is 10.0 Å². The number of hydrogen-bond acceptors (Lipinski definition) is 5. The van der Waals surface area contributed by atoms with Crippen molar-refractivity contribution in [2.24, 2.45) is 5.73 Å². The molecule has 194 valence electrons. The number of alkyl halides is 3. The van der Waals surface area contributed by atoms with Crippen molar-refractivity contribution in [2.45, 2.75) is 37.4 Å². The lowest BCUT2D eigenvalue weighted by Crippen LogP contribution is -2.42. The molecular formula is C24H21F4N5O3S. The maximum atomic E-state index is 14.7. The van der Waals surface area contributed by atoms with Crippen LogP contribution in [0.2, 0.25) is 0 Å². The van der Waals surface area contributed by atoms with E-state index in [2.05, 4.69) is 9.97 Å². The average molecular weight is 536 g/mol. The molecule has 3 heterocycles. The standard InChI is InChI=1S/C24H21F4N5O3S/c1-3-14-10-19-16(11-17(14)25)21(23(29)34)22(33(19)20-6-4-5-9-30-20)18-8-7-15(12-31-18)37(35,36)32-13(2)24(26,27)28/h4-13,32H,3H2,1-2H3,(H2,29,34)/t13-/m0/s1. The Kier molecular flexibility index (Phi) is 6.78. The predicted molar refractivity (Wildman–Crippen MR) is 128 cm³/mol. The quantitative estimate of drug-likeness (QED) is 0.345. The fourth-order valence-corrected chi connectivity index (χ4v) is 5.06. The number of halogens is 4. The van der Waals surface area contributed by atoms with Crippen LogP contribution in [0.5, 0.6) is 0 Å². The molecule has 0 spiro atoms. The molecule has 1 aromatic carbocycles. The molecule has 0 saturated carbocycles. The lowest BCUT2D eigenvalue weighted by atomic mass is 10.0. The highest BCUT2D eigenvalue weighted by Gasteiger charge is 2.39. The van der Waals surface area contributed by atoms with Crippen LogP contribution in [-0.4, -0.2) is 41.1 Å². The molecule has 0 aliphatic carbocycles. The number of nitrogens with zero attached hydrogens (tertiary/aromatic N) is 3. The van der Waals surface area contributed by atoms with E-state index < -0.39 is 38.9 Å². The van der Waals surface area contributed by atoms with Gasteiger partial charge in [0, 0.05) is 17.8 Å². The third kappa shape index (κ3) is 4.91. The fraction of sp³-hybridized carbons (Fsp3) is 0.208. The van der Waals surface area contributed by atoms with Gasteiger partial charge in [0.15, 0.2) is 0 Å². The number of aryl methyl sites for hydroxylation is 1. The van der Waals surface area contributed by atoms with Crippen molar-refractivity contribution in [3.05, 3.63) is 71.8 Å². The van der Waals surface area contributed by atoms with Crippen molar-refractivity contribution < 1.29 is 30.8 Å². The van der Waals surface area contributed by atoms with E-state index in [0.29, 0.717) is 30.2 Å². The average Bonchev–Trinajstić information content (AvgIpc) is 3.17. The van der Waals surface area contributed by atoms with Crippen molar-refractivity contribution in [2.75, 3.05) is 0 Å². The molecule has 37 heavy (non-hydrogen) atoms. The van der Waals surface area contributed by atoms with Gasteiger partial charge >= 0.3 is 6.18 Å². The van der Waals surface area contributed by atoms with Crippen molar-refractivity contribution in [3.63, 3.8) is 0 Å². The molecule has 8 nitrogen and oxygen atoms in total. The van der Waals surface area contributed by atoms with Gasteiger partial charge in [0.25, 0.3) is 5.91 Å². The number of fused-ring (bicyclic) bond motifs is 1. The predicted octanol–water partition coefficient (Wildman–Crippen LogP) is 4.12. The van der Waals surface area contributed by atoms with E-state index in [1.807, 2.05) is 0 Å². The minimum Gasteiger partial charge on any atom is -0.366 e. The number of carbonyl (C=O) groups is 1. The fourth-order valence-electron chi connectivity index (χ4n) is 3.88. The molecular weight excluding hydrogens is 514 g/mol. The number of primary amides is 1. The summed E-state index contributed by atoms with van der Waals surface area (Å²) < 4.78 is 81.4. The van der Waals surface area contributed by atoms with E-state index >= 15 is 0 Å². The zero-order valence-electron chi connectivity index (χ0n) is 19.5. The van der Waals surface area contributed by atoms with Crippen molar-refractivity contribution in [1.82, 2.24) is 19.3 Å². The Balaban J connectivity index is 1.95. The summed E-state index contributed by atoms with van der Waals surface area (Å²) in [6.07, 6.45) is -2.04. The normalized spacial score (nSPS) is 13.1. The second-order valence-electron chi connectivity index (χ2n) is 8.19. The van der Waals surface area contributed by atoms with E-state index in [4.69, 9.17) is 5.73 Å². The number of aromatic nitrogens is 3. The van der Waals surface area contributed by atoms with E-state index in [-0.39, 0.29) is 22.3 Å². The molecule has 0 radical (unpaired) electrons. The van der Waals surface area contributed by atoms with Gasteiger partial charge in [-0.2, -0.15) is 17.9 Å². The van der Waals surface area contributed by atoms with Crippen LogP contribution in [0.3, 0.4) is 0 Å². The maximum absolute atomic E-state index is 14.7. The molecule has 0 unspecified atom stereocenters. The topological polar surface area (TPSA) is 120 Å². The molecule has 3 N–H and O–H groups in total. The Bertz CT molecular complexity index is 1590. The molecule has 3 aromatic heterocycles. The number of carbonyl (C=O) groups excluding carboxylic acids is 1. The van der Waals surface area contributed by atoms with E-state index in [9.17, 15) is 30.8 Å². The van der Waals surface area contributed by atoms with Crippen molar-refractivity contribution in [3.8, 4) is 17.2 Å². The summed E-state index contributed by atoms with van der Waals surface area (Å²) >= 11 is 0. The van der Waals surface area contributed by atoms with Crippen LogP contribution < -0.4 is 10.5 Å². The van der Waals surface area contributed by atoms with Gasteiger partial charge < -0.3 is 5.73 Å². The highest BCUT2D eigenvalue weighted by atomic mass is 32.2. The first-order valence-corrected chi connectivity index (χ1v) is 12.5. The molecule has 1 amide bonds. The molecule has 4 aromatic rings. The van der Waals surface area contributed by atoms with Crippen molar-refractivity contribution in [1.29, 1.82) is 0 Å². The lowest BCUT2D eigenvalue weighted by molar-refractivity contribution is -0.147. The molecule has 13 heteroatoms. The monoisotopic (exact) mass is 535 g/mol. The van der Waals surface area contributed by atoms with E-state index in [0.717, 1.165) is 12.3 Å². The van der Waals surface area contributed by atoms with Crippen LogP contribution in [0.1, 0.15) is 29.8 Å². The summed E-state index contributed by atoms with van der Waals surface area (Å²) in [5.41, 5.74) is 6.60. The number of nitrogens with two attached hydrogens (primary N) is 1. The highest BCUT2D eigenvalue weighted by Crippen LogP contribution is 2.36. The second-order valence-corrected chi connectivity index (χ2v) is 9.90.